The predicted molar refractivity (Wildman–Crippen MR) is 168 cm³/mol. The normalized spacial score (nSPS) is 18.7. The summed E-state index contributed by atoms with van der Waals surface area (Å²) in [5.41, 5.74) is 8.87. The van der Waals surface area contributed by atoms with E-state index >= 15 is 0 Å². The number of halogens is 3. The summed E-state index contributed by atoms with van der Waals surface area (Å²) in [6.07, 6.45) is 9.22. The van der Waals surface area contributed by atoms with Gasteiger partial charge in [0.2, 0.25) is 5.79 Å². The second-order valence-corrected chi connectivity index (χ2v) is 11.4. The fourth-order valence-corrected chi connectivity index (χ4v) is 5.52. The third-order valence-corrected chi connectivity index (χ3v) is 7.71. The number of ether oxygens (including phenoxy) is 3. The Bertz CT molecular complexity index is 1450. The van der Waals surface area contributed by atoms with Gasteiger partial charge in [-0.2, -0.15) is 0 Å². The quantitative estimate of drug-likeness (QED) is 0.179. The van der Waals surface area contributed by atoms with Crippen LogP contribution < -0.4 is 10.5 Å². The molecule has 42 heavy (non-hydrogen) atoms. The van der Waals surface area contributed by atoms with Crippen LogP contribution in [0.1, 0.15) is 16.7 Å². The van der Waals surface area contributed by atoms with Crippen molar-refractivity contribution in [2.24, 2.45) is 5.73 Å². The molecule has 0 amide bonds. The minimum Gasteiger partial charge on any atom is -0.491 e. The van der Waals surface area contributed by atoms with Crippen molar-refractivity contribution in [3.05, 3.63) is 123 Å². The third-order valence-electron chi connectivity index (χ3n) is 6.91. The predicted octanol–water partition coefficient (Wildman–Crippen LogP) is 6.66. The average molecular weight is 628 g/mol. The van der Waals surface area contributed by atoms with Gasteiger partial charge in [0.25, 0.3) is 0 Å². The van der Waals surface area contributed by atoms with Crippen LogP contribution in [-0.2, 0) is 28.4 Å². The van der Waals surface area contributed by atoms with Gasteiger partial charge in [0.15, 0.2) is 0 Å². The van der Waals surface area contributed by atoms with Gasteiger partial charge in [-0.05, 0) is 47.5 Å². The zero-order valence-electron chi connectivity index (χ0n) is 23.0. The molecule has 0 radical (unpaired) electrons. The molecule has 5 rings (SSSR count). The van der Waals surface area contributed by atoms with E-state index in [0.29, 0.717) is 41.9 Å². The molecule has 2 heterocycles. The van der Waals surface area contributed by atoms with Crippen LogP contribution in [0.15, 0.2) is 91.5 Å². The van der Waals surface area contributed by atoms with E-state index in [2.05, 4.69) is 34.2 Å². The Balaban J connectivity index is 1.17. The lowest BCUT2D eigenvalue weighted by atomic mass is 10.1. The van der Waals surface area contributed by atoms with E-state index in [1.165, 1.54) is 5.56 Å². The number of benzene rings is 3. The Morgan fingerprint density at radius 3 is 2.55 bits per heavy atom. The van der Waals surface area contributed by atoms with Gasteiger partial charge < -0.3 is 24.5 Å². The third kappa shape index (κ3) is 8.14. The maximum Gasteiger partial charge on any atom is 0.215 e. The molecule has 7 nitrogen and oxygen atoms in total. The summed E-state index contributed by atoms with van der Waals surface area (Å²) in [6.45, 7) is 4.00. The van der Waals surface area contributed by atoms with Crippen LogP contribution >= 0.6 is 34.8 Å². The van der Waals surface area contributed by atoms with Crippen molar-refractivity contribution in [3.63, 3.8) is 0 Å². The number of nitrogens with zero attached hydrogens (tertiary/aromatic N) is 3. The van der Waals surface area contributed by atoms with E-state index in [9.17, 15) is 0 Å². The molecule has 0 aliphatic carbocycles. The van der Waals surface area contributed by atoms with Crippen molar-refractivity contribution in [1.82, 2.24) is 14.5 Å². The first-order valence-corrected chi connectivity index (χ1v) is 14.9. The van der Waals surface area contributed by atoms with Crippen molar-refractivity contribution in [3.8, 4) is 5.75 Å². The molecule has 1 aliphatic rings. The second-order valence-electron chi connectivity index (χ2n) is 10.1. The van der Waals surface area contributed by atoms with Gasteiger partial charge in [0, 0.05) is 54.2 Å². The minimum absolute atomic E-state index is 0.299. The number of hydrogen-bond acceptors (Lipinski definition) is 6. The van der Waals surface area contributed by atoms with Gasteiger partial charge in [0.05, 0.1) is 24.5 Å². The SMILES string of the molecule is NCCN(C/C=C/c1ccc(Cl)cc1)Cc1ccc(OC[C@H]2CO[C@](Cn3ccnc3)(c3ccc(Cl)cc3Cl)O2)cc1. The lowest BCUT2D eigenvalue weighted by molar-refractivity contribution is -0.189. The lowest BCUT2D eigenvalue weighted by Gasteiger charge is -2.30. The van der Waals surface area contributed by atoms with Crippen molar-refractivity contribution in [2.75, 3.05) is 32.8 Å². The summed E-state index contributed by atoms with van der Waals surface area (Å²) in [5.74, 6) is -0.332. The van der Waals surface area contributed by atoms with Crippen molar-refractivity contribution >= 4 is 40.9 Å². The highest BCUT2D eigenvalue weighted by Gasteiger charge is 2.45. The zero-order valence-corrected chi connectivity index (χ0v) is 25.3. The molecule has 10 heteroatoms. The largest absolute Gasteiger partial charge is 0.491 e. The van der Waals surface area contributed by atoms with Crippen LogP contribution in [0.2, 0.25) is 15.1 Å². The fourth-order valence-electron chi connectivity index (χ4n) is 4.84. The molecule has 4 aromatic rings. The van der Waals surface area contributed by atoms with Crippen molar-refractivity contribution < 1.29 is 14.2 Å². The van der Waals surface area contributed by atoms with Crippen LogP contribution in [0.25, 0.3) is 6.08 Å². The molecule has 2 atom stereocenters. The molecule has 220 valence electrons. The summed E-state index contributed by atoms with van der Waals surface area (Å²) in [4.78, 5) is 6.44. The number of imidazole rings is 1. The lowest BCUT2D eigenvalue weighted by Crippen LogP contribution is -2.34. The standard InChI is InChI=1S/C32H33Cl3N4O3/c33-26-7-3-24(4-8-26)2-1-15-38(16-13-36)19-25-5-10-28(11-6-25)40-20-29-21-41-32(42-29,22-39-17-14-37-23-39)30-12-9-27(34)18-31(30)35/h1-12,14,17-18,23,29H,13,15-16,19-22,36H2/b2-1+/t29-,32-/m0/s1. The summed E-state index contributed by atoms with van der Waals surface area (Å²) in [7, 11) is 0. The Kier molecular flexibility index (Phi) is 10.6. The van der Waals surface area contributed by atoms with E-state index in [-0.39, 0.29) is 6.10 Å². The maximum atomic E-state index is 6.57. The Morgan fingerprint density at radius 1 is 1.05 bits per heavy atom. The monoisotopic (exact) mass is 626 g/mol. The first kappa shape index (κ1) is 30.6. The molecule has 2 N–H and O–H groups in total. The summed E-state index contributed by atoms with van der Waals surface area (Å²) in [6, 6.07) is 21.2. The smallest absolute Gasteiger partial charge is 0.215 e. The Morgan fingerprint density at radius 2 is 1.83 bits per heavy atom. The van der Waals surface area contributed by atoms with Crippen LogP contribution in [0.5, 0.6) is 5.75 Å². The summed E-state index contributed by atoms with van der Waals surface area (Å²) >= 11 is 18.7. The average Bonchev–Trinajstić information content (AvgIpc) is 3.64. The molecule has 1 aromatic heterocycles. The second kappa shape index (κ2) is 14.5. The molecule has 0 unspecified atom stereocenters. The van der Waals surface area contributed by atoms with E-state index in [4.69, 9.17) is 54.7 Å². The van der Waals surface area contributed by atoms with Gasteiger partial charge in [-0.3, -0.25) is 4.90 Å². The fraction of sp³-hybridized carbons (Fsp3) is 0.281. The van der Waals surface area contributed by atoms with E-state index in [1.54, 1.807) is 24.7 Å². The Labute approximate surface area is 261 Å². The van der Waals surface area contributed by atoms with E-state index < -0.39 is 5.79 Å². The summed E-state index contributed by atoms with van der Waals surface area (Å²) < 4.78 is 20.7. The zero-order chi connectivity index (χ0) is 29.4. The van der Waals surface area contributed by atoms with Gasteiger partial charge in [-0.15, -0.1) is 0 Å². The highest BCUT2D eigenvalue weighted by molar-refractivity contribution is 6.35. The molecule has 0 bridgehead atoms. The van der Waals surface area contributed by atoms with Gasteiger partial charge in [-0.25, -0.2) is 4.98 Å². The Hall–Kier alpha value is -2.88. The van der Waals surface area contributed by atoms with Crippen molar-refractivity contribution in [1.29, 1.82) is 0 Å². The van der Waals surface area contributed by atoms with E-state index in [1.807, 2.05) is 53.2 Å². The van der Waals surface area contributed by atoms with Gasteiger partial charge in [-0.1, -0.05) is 77.3 Å². The van der Waals surface area contributed by atoms with Crippen LogP contribution in [-0.4, -0.2) is 53.4 Å². The van der Waals surface area contributed by atoms with E-state index in [0.717, 1.165) is 36.0 Å². The van der Waals surface area contributed by atoms with Gasteiger partial charge >= 0.3 is 0 Å². The minimum atomic E-state index is -1.09. The first-order valence-electron chi connectivity index (χ1n) is 13.7. The first-order chi connectivity index (χ1) is 20.4. The molecule has 1 fully saturated rings. The molecule has 0 spiro atoms. The van der Waals surface area contributed by atoms with Gasteiger partial charge in [0.1, 0.15) is 18.5 Å². The number of nitrogens with two attached hydrogens (primary N) is 1. The number of rotatable bonds is 13. The maximum absolute atomic E-state index is 6.57. The molecular formula is C32H33Cl3N4O3. The molecular weight excluding hydrogens is 595 g/mol. The molecule has 3 aromatic carbocycles. The van der Waals surface area contributed by atoms with Crippen LogP contribution in [0, 0.1) is 0 Å². The van der Waals surface area contributed by atoms with Crippen LogP contribution in [0.4, 0.5) is 0 Å². The molecule has 1 aliphatic heterocycles. The summed E-state index contributed by atoms with van der Waals surface area (Å²) in [5, 5.41) is 1.75. The number of hydrogen-bond donors (Lipinski definition) is 1. The highest BCUT2D eigenvalue weighted by atomic mass is 35.5. The topological polar surface area (TPSA) is 74.8 Å². The van der Waals surface area contributed by atoms with Crippen molar-refractivity contribution in [2.45, 2.75) is 25.0 Å². The highest BCUT2D eigenvalue weighted by Crippen LogP contribution is 2.40. The molecule has 1 saturated heterocycles. The molecule has 0 saturated carbocycles. The van der Waals surface area contributed by atoms with Crippen LogP contribution in [0.3, 0.4) is 0 Å². The number of aromatic nitrogens is 2.